The Labute approximate surface area is 195 Å². The van der Waals surface area contributed by atoms with Gasteiger partial charge in [-0.1, -0.05) is 54.2 Å². The molecule has 0 saturated heterocycles. The Hall–Kier alpha value is -3.78. The van der Waals surface area contributed by atoms with Crippen LogP contribution in [0.25, 0.3) is 11.5 Å². The minimum Gasteiger partial charge on any atom is -0.497 e. The van der Waals surface area contributed by atoms with E-state index in [0.29, 0.717) is 23.5 Å². The van der Waals surface area contributed by atoms with Crippen LogP contribution in [-0.2, 0) is 4.79 Å². The fourth-order valence-corrected chi connectivity index (χ4v) is 4.35. The van der Waals surface area contributed by atoms with E-state index in [-0.39, 0.29) is 17.7 Å². The minimum absolute atomic E-state index is 0.0613. The van der Waals surface area contributed by atoms with Gasteiger partial charge in [0.15, 0.2) is 0 Å². The summed E-state index contributed by atoms with van der Waals surface area (Å²) >= 11 is 1.22. The fourth-order valence-electron chi connectivity index (χ4n) is 3.73. The van der Waals surface area contributed by atoms with Gasteiger partial charge < -0.3 is 13.9 Å². The molecule has 0 bridgehead atoms. The molecule has 1 amide bonds. The maximum absolute atomic E-state index is 13.4. The minimum atomic E-state index is -0.216. The van der Waals surface area contributed by atoms with Crippen molar-refractivity contribution in [3.05, 3.63) is 84.4 Å². The highest BCUT2D eigenvalue weighted by Crippen LogP contribution is 2.40. The first-order valence-corrected chi connectivity index (χ1v) is 11.4. The molecular weight excluding hydrogens is 438 g/mol. The number of hydrogen-bond acceptors (Lipinski definition) is 7. The number of thioether (sulfide) groups is 1. The number of ether oxygens (including phenoxy) is 2. The summed E-state index contributed by atoms with van der Waals surface area (Å²) in [5, 5.41) is 8.54. The summed E-state index contributed by atoms with van der Waals surface area (Å²) in [4.78, 5) is 15.2. The van der Waals surface area contributed by atoms with Gasteiger partial charge in [0.2, 0.25) is 11.8 Å². The maximum Gasteiger partial charge on any atom is 0.277 e. The number of hydrogen-bond donors (Lipinski definition) is 0. The average molecular weight is 460 g/mol. The number of amides is 1. The summed E-state index contributed by atoms with van der Waals surface area (Å²) in [5.41, 5.74) is 2.56. The molecule has 33 heavy (non-hydrogen) atoms. The van der Waals surface area contributed by atoms with E-state index in [1.165, 1.54) is 11.8 Å². The predicted molar refractivity (Wildman–Crippen MR) is 126 cm³/mol. The smallest absolute Gasteiger partial charge is 0.277 e. The first-order valence-electron chi connectivity index (χ1n) is 10.4. The van der Waals surface area contributed by atoms with Crippen molar-refractivity contribution < 1.29 is 18.7 Å². The largest absolute Gasteiger partial charge is 0.497 e. The normalized spacial score (nSPS) is 14.9. The molecule has 0 spiro atoms. The third-order valence-corrected chi connectivity index (χ3v) is 6.15. The van der Waals surface area contributed by atoms with E-state index in [9.17, 15) is 4.79 Å². The van der Waals surface area contributed by atoms with Crippen LogP contribution >= 0.6 is 11.8 Å². The Kier molecular flexibility index (Phi) is 5.99. The highest BCUT2D eigenvalue weighted by atomic mass is 32.2. The number of fused-ring (bicyclic) bond motifs is 1. The summed E-state index contributed by atoms with van der Waals surface area (Å²) in [6, 6.07) is 24.6. The molecule has 0 radical (unpaired) electrons. The predicted octanol–water partition coefficient (Wildman–Crippen LogP) is 5.00. The van der Waals surface area contributed by atoms with Crippen molar-refractivity contribution in [2.75, 3.05) is 24.4 Å². The summed E-state index contributed by atoms with van der Waals surface area (Å²) in [6.07, 6.45) is 0. The first kappa shape index (κ1) is 21.1. The number of anilines is 1. The van der Waals surface area contributed by atoms with Crippen molar-refractivity contribution in [3.8, 4) is 23.0 Å². The maximum atomic E-state index is 13.4. The van der Waals surface area contributed by atoms with Gasteiger partial charge >= 0.3 is 0 Å². The molecule has 1 aromatic heterocycles. The monoisotopic (exact) mass is 459 g/mol. The van der Waals surface area contributed by atoms with Crippen molar-refractivity contribution in [2.45, 2.75) is 11.3 Å². The van der Waals surface area contributed by atoms with Gasteiger partial charge in [-0.05, 0) is 42.0 Å². The van der Waals surface area contributed by atoms with Crippen LogP contribution in [0.4, 0.5) is 5.69 Å². The highest BCUT2D eigenvalue weighted by molar-refractivity contribution is 7.99. The quantitative estimate of drug-likeness (QED) is 0.375. The van der Waals surface area contributed by atoms with E-state index in [4.69, 9.17) is 13.9 Å². The van der Waals surface area contributed by atoms with E-state index in [0.717, 1.165) is 22.6 Å². The van der Waals surface area contributed by atoms with Crippen molar-refractivity contribution in [1.82, 2.24) is 10.2 Å². The molecule has 3 aromatic carbocycles. The van der Waals surface area contributed by atoms with Crippen LogP contribution in [0.1, 0.15) is 11.6 Å². The number of para-hydroxylation sites is 2. The molecule has 1 aliphatic heterocycles. The molecule has 5 rings (SSSR count). The van der Waals surface area contributed by atoms with Crippen molar-refractivity contribution in [3.63, 3.8) is 0 Å². The van der Waals surface area contributed by atoms with E-state index >= 15 is 0 Å². The summed E-state index contributed by atoms with van der Waals surface area (Å²) in [6.45, 7) is 0.389. The Bertz CT molecular complexity index is 1240. The summed E-state index contributed by atoms with van der Waals surface area (Å²) in [7, 11) is 1.61. The SMILES string of the molecule is COc1ccc(-c2nnc(SCC(=O)N3c4ccccc4OC[C@H]3c3ccccc3)o2)cc1. The average Bonchev–Trinajstić information content (AvgIpc) is 3.36. The Morgan fingerprint density at radius 2 is 1.79 bits per heavy atom. The fraction of sp³-hybridized carbons (Fsp3) is 0.160. The number of nitrogens with zero attached hydrogens (tertiary/aromatic N) is 3. The molecule has 0 unspecified atom stereocenters. The zero-order valence-corrected chi connectivity index (χ0v) is 18.7. The van der Waals surface area contributed by atoms with Crippen LogP contribution in [0, 0.1) is 0 Å². The number of rotatable bonds is 6. The molecule has 4 aromatic rings. The molecular formula is C25H21N3O4S. The van der Waals surface area contributed by atoms with Crippen molar-refractivity contribution in [2.24, 2.45) is 0 Å². The molecule has 166 valence electrons. The van der Waals surface area contributed by atoms with Gasteiger partial charge in [-0.2, -0.15) is 0 Å². The Morgan fingerprint density at radius 3 is 2.58 bits per heavy atom. The molecule has 2 heterocycles. The van der Waals surface area contributed by atoms with E-state index in [2.05, 4.69) is 10.2 Å². The van der Waals surface area contributed by atoms with Gasteiger partial charge in [-0.25, -0.2) is 0 Å². The number of carbonyl (C=O) groups is 1. The zero-order valence-electron chi connectivity index (χ0n) is 17.9. The van der Waals surface area contributed by atoms with Crippen molar-refractivity contribution in [1.29, 1.82) is 0 Å². The third-order valence-electron chi connectivity index (χ3n) is 5.35. The standard InChI is InChI=1S/C25H21N3O4S/c1-30-19-13-11-18(12-14-19)24-26-27-25(32-24)33-16-23(29)28-20-9-5-6-10-22(20)31-15-21(28)17-7-3-2-4-8-17/h2-14,21H,15-16H2,1H3/t21-/m0/s1. The van der Waals surface area contributed by atoms with Crippen LogP contribution in [0.5, 0.6) is 11.5 Å². The number of benzene rings is 3. The van der Waals surface area contributed by atoms with Gasteiger partial charge in [0.05, 0.1) is 24.6 Å². The van der Waals surface area contributed by atoms with Gasteiger partial charge in [0.25, 0.3) is 5.22 Å². The molecule has 7 nitrogen and oxygen atoms in total. The van der Waals surface area contributed by atoms with Gasteiger partial charge in [-0.3, -0.25) is 9.69 Å². The molecule has 0 saturated carbocycles. The second-order valence-corrected chi connectivity index (χ2v) is 8.29. The Morgan fingerprint density at radius 1 is 1.03 bits per heavy atom. The molecule has 0 fully saturated rings. The second-order valence-electron chi connectivity index (χ2n) is 7.36. The third kappa shape index (κ3) is 4.42. The van der Waals surface area contributed by atoms with Crippen LogP contribution in [0.2, 0.25) is 0 Å². The highest BCUT2D eigenvalue weighted by Gasteiger charge is 2.33. The molecule has 8 heteroatoms. The Balaban J connectivity index is 1.34. The van der Waals surface area contributed by atoms with Crippen LogP contribution in [-0.4, -0.2) is 35.6 Å². The molecule has 0 aliphatic carbocycles. The molecule has 0 N–H and O–H groups in total. The number of methoxy groups -OCH3 is 1. The van der Waals surface area contributed by atoms with E-state index < -0.39 is 0 Å². The lowest BCUT2D eigenvalue weighted by molar-refractivity contribution is -0.117. The van der Waals surface area contributed by atoms with Crippen molar-refractivity contribution >= 4 is 23.4 Å². The van der Waals surface area contributed by atoms with Gasteiger partial charge in [0, 0.05) is 5.56 Å². The first-order chi connectivity index (χ1) is 16.2. The zero-order chi connectivity index (χ0) is 22.6. The van der Waals surface area contributed by atoms with Gasteiger partial charge in [-0.15, -0.1) is 10.2 Å². The van der Waals surface area contributed by atoms with Crippen LogP contribution < -0.4 is 14.4 Å². The molecule has 1 atom stereocenters. The topological polar surface area (TPSA) is 77.7 Å². The number of aromatic nitrogens is 2. The van der Waals surface area contributed by atoms with Crippen LogP contribution in [0.15, 0.2) is 88.5 Å². The van der Waals surface area contributed by atoms with Gasteiger partial charge in [0.1, 0.15) is 18.1 Å². The lowest BCUT2D eigenvalue weighted by Gasteiger charge is -2.37. The number of carbonyl (C=O) groups excluding carboxylic acids is 1. The molecule has 1 aliphatic rings. The lowest BCUT2D eigenvalue weighted by atomic mass is 10.0. The lowest BCUT2D eigenvalue weighted by Crippen LogP contribution is -2.42. The van der Waals surface area contributed by atoms with Crippen LogP contribution in [0.3, 0.4) is 0 Å². The van der Waals surface area contributed by atoms with E-state index in [1.54, 1.807) is 7.11 Å². The second kappa shape index (κ2) is 9.38. The van der Waals surface area contributed by atoms with E-state index in [1.807, 2.05) is 83.8 Å². The summed E-state index contributed by atoms with van der Waals surface area (Å²) in [5.74, 6) is 1.93. The summed E-state index contributed by atoms with van der Waals surface area (Å²) < 4.78 is 16.9.